The second-order valence-electron chi connectivity index (χ2n) is 10.5. The second-order valence-corrected chi connectivity index (χ2v) is 10.9. The van der Waals surface area contributed by atoms with E-state index in [9.17, 15) is 0 Å². The van der Waals surface area contributed by atoms with Gasteiger partial charge in [-0.3, -0.25) is 0 Å². The highest BCUT2D eigenvalue weighted by Crippen LogP contribution is 2.36. The van der Waals surface area contributed by atoms with Crippen LogP contribution in [0.2, 0.25) is 5.02 Å². The van der Waals surface area contributed by atoms with Gasteiger partial charge in [0.25, 0.3) is 0 Å². The number of fused-ring (bicyclic) bond motifs is 1. The molecular weight excluding hydrogens is 544 g/mol. The molecule has 0 radical (unpaired) electrons. The second kappa shape index (κ2) is 13.8. The van der Waals surface area contributed by atoms with Gasteiger partial charge in [-0.1, -0.05) is 84.4 Å². The minimum absolute atomic E-state index is 0.222. The van der Waals surface area contributed by atoms with Crippen molar-refractivity contribution in [2.24, 2.45) is 0 Å². The number of hydrogen-bond acceptors (Lipinski definition) is 6. The molecule has 0 bridgehead atoms. The third-order valence-corrected chi connectivity index (χ3v) is 7.90. The van der Waals surface area contributed by atoms with Crippen molar-refractivity contribution in [2.75, 3.05) is 31.6 Å². The van der Waals surface area contributed by atoms with E-state index in [0.717, 1.165) is 85.1 Å². The molecule has 0 aliphatic carbocycles. The van der Waals surface area contributed by atoms with Crippen molar-refractivity contribution in [3.8, 4) is 28.3 Å². The molecule has 1 aromatic heterocycles. The Kier molecular flexibility index (Phi) is 9.25. The van der Waals surface area contributed by atoms with Crippen LogP contribution in [0, 0.1) is 0 Å². The highest BCUT2D eigenvalue weighted by atomic mass is 35.5. The van der Waals surface area contributed by atoms with Gasteiger partial charge in [0.05, 0.1) is 29.7 Å². The summed E-state index contributed by atoms with van der Waals surface area (Å²) in [4.78, 5) is 9.15. The maximum absolute atomic E-state index is 6.73. The van der Waals surface area contributed by atoms with Gasteiger partial charge in [0.15, 0.2) is 12.1 Å². The van der Waals surface area contributed by atoms with Crippen LogP contribution in [0.3, 0.4) is 0 Å². The van der Waals surface area contributed by atoms with Gasteiger partial charge in [-0.15, -0.1) is 0 Å². The van der Waals surface area contributed by atoms with Gasteiger partial charge in [-0.2, -0.15) is 0 Å². The van der Waals surface area contributed by atoms with Crippen LogP contribution in [-0.2, 0) is 11.2 Å². The average Bonchev–Trinajstić information content (AvgIpc) is 3.05. The summed E-state index contributed by atoms with van der Waals surface area (Å²) in [6.45, 7) is 3.38. The van der Waals surface area contributed by atoms with Crippen LogP contribution in [0.25, 0.3) is 33.3 Å². The molecule has 0 spiro atoms. The quantitative estimate of drug-likeness (QED) is 0.156. The number of nitrogens with zero attached hydrogens (tertiary/aromatic N) is 2. The van der Waals surface area contributed by atoms with Gasteiger partial charge < -0.3 is 20.1 Å². The molecule has 214 valence electrons. The summed E-state index contributed by atoms with van der Waals surface area (Å²) >= 11 is 6.73. The van der Waals surface area contributed by atoms with E-state index in [0.29, 0.717) is 16.6 Å². The van der Waals surface area contributed by atoms with E-state index in [1.165, 1.54) is 5.56 Å². The first-order valence-electron chi connectivity index (χ1n) is 14.6. The van der Waals surface area contributed by atoms with Gasteiger partial charge in [0.2, 0.25) is 0 Å². The van der Waals surface area contributed by atoms with Crippen LogP contribution in [0.1, 0.15) is 24.8 Å². The highest BCUT2D eigenvalue weighted by molar-refractivity contribution is 6.37. The summed E-state index contributed by atoms with van der Waals surface area (Å²) in [7, 11) is 0. The van der Waals surface area contributed by atoms with Crippen LogP contribution >= 0.6 is 11.6 Å². The first-order chi connectivity index (χ1) is 20.7. The first-order valence-corrected chi connectivity index (χ1v) is 15.0. The predicted molar refractivity (Wildman–Crippen MR) is 171 cm³/mol. The molecule has 0 saturated carbocycles. The minimum Gasteiger partial charge on any atom is -0.463 e. The Morgan fingerprint density at radius 3 is 2.38 bits per heavy atom. The Morgan fingerprint density at radius 1 is 0.810 bits per heavy atom. The zero-order valence-corrected chi connectivity index (χ0v) is 24.3. The lowest BCUT2D eigenvalue weighted by Gasteiger charge is -2.24. The fraction of sp³-hybridized carbons (Fsp3) is 0.257. The van der Waals surface area contributed by atoms with E-state index in [2.05, 4.69) is 93.4 Å². The van der Waals surface area contributed by atoms with Crippen molar-refractivity contribution >= 4 is 28.1 Å². The van der Waals surface area contributed by atoms with E-state index in [1.807, 2.05) is 24.5 Å². The van der Waals surface area contributed by atoms with Gasteiger partial charge in [-0.05, 0) is 60.0 Å². The van der Waals surface area contributed by atoms with Gasteiger partial charge in [0, 0.05) is 30.5 Å². The zero-order valence-electron chi connectivity index (χ0n) is 23.6. The number of ether oxygens (including phenoxy) is 2. The van der Waals surface area contributed by atoms with Crippen LogP contribution in [0.15, 0.2) is 97.3 Å². The molecule has 2 N–H and O–H groups in total. The largest absolute Gasteiger partial charge is 0.463 e. The topological polar surface area (TPSA) is 68.3 Å². The summed E-state index contributed by atoms with van der Waals surface area (Å²) in [5.41, 5.74) is 5.47. The molecule has 2 heterocycles. The standard InChI is InChI=1S/C35H35ClN4O2/c36-34-31-15-13-28(22-29(31)14-16-32(34)42-33-8-4-5-21-41-33)26-9-11-27(12-10-26)35-39-23-30(24-40-35)38-20-19-37-18-17-25-6-2-1-3-7-25/h1-3,6-7,9-16,22-24,33,37-38H,4-5,8,17-21H2. The molecule has 0 amide bonds. The maximum Gasteiger partial charge on any atom is 0.199 e. The molecule has 7 heteroatoms. The van der Waals surface area contributed by atoms with Crippen molar-refractivity contribution in [3.05, 3.63) is 108 Å². The van der Waals surface area contributed by atoms with Crippen LogP contribution in [0.4, 0.5) is 5.69 Å². The molecule has 1 fully saturated rings. The third-order valence-electron chi connectivity index (χ3n) is 7.51. The molecule has 1 aliphatic rings. The monoisotopic (exact) mass is 578 g/mol. The molecule has 1 unspecified atom stereocenters. The van der Waals surface area contributed by atoms with Crippen molar-refractivity contribution < 1.29 is 9.47 Å². The first kappa shape index (κ1) is 28.2. The van der Waals surface area contributed by atoms with Gasteiger partial charge >= 0.3 is 0 Å². The molecule has 6 rings (SSSR count). The third kappa shape index (κ3) is 7.08. The number of rotatable bonds is 11. The Balaban J connectivity index is 1.03. The van der Waals surface area contributed by atoms with Crippen LogP contribution < -0.4 is 15.4 Å². The molecule has 4 aromatic carbocycles. The Bertz CT molecular complexity index is 1590. The fourth-order valence-corrected chi connectivity index (χ4v) is 5.45. The number of anilines is 1. The van der Waals surface area contributed by atoms with Crippen molar-refractivity contribution in [1.82, 2.24) is 15.3 Å². The van der Waals surface area contributed by atoms with Gasteiger partial charge in [0.1, 0.15) is 5.75 Å². The molecule has 1 atom stereocenters. The lowest BCUT2D eigenvalue weighted by molar-refractivity contribution is -0.105. The van der Waals surface area contributed by atoms with E-state index < -0.39 is 0 Å². The average molecular weight is 579 g/mol. The van der Waals surface area contributed by atoms with Crippen molar-refractivity contribution in [3.63, 3.8) is 0 Å². The number of nitrogens with one attached hydrogen (secondary N) is 2. The minimum atomic E-state index is -0.222. The maximum atomic E-state index is 6.73. The summed E-state index contributed by atoms with van der Waals surface area (Å²) in [5.74, 6) is 1.37. The van der Waals surface area contributed by atoms with Crippen LogP contribution in [-0.4, -0.2) is 42.5 Å². The molecular formula is C35H35ClN4O2. The fourth-order valence-electron chi connectivity index (χ4n) is 5.17. The summed E-state index contributed by atoms with van der Waals surface area (Å²) < 4.78 is 11.8. The summed E-state index contributed by atoms with van der Waals surface area (Å²) in [6, 6.07) is 29.2. The Labute approximate surface area is 252 Å². The van der Waals surface area contributed by atoms with Crippen LogP contribution in [0.5, 0.6) is 5.75 Å². The van der Waals surface area contributed by atoms with Crippen molar-refractivity contribution in [2.45, 2.75) is 32.0 Å². The zero-order chi connectivity index (χ0) is 28.6. The van der Waals surface area contributed by atoms with Crippen molar-refractivity contribution in [1.29, 1.82) is 0 Å². The molecule has 42 heavy (non-hydrogen) atoms. The number of aromatic nitrogens is 2. The summed E-state index contributed by atoms with van der Waals surface area (Å²) in [6.07, 6.45) is 7.57. The highest BCUT2D eigenvalue weighted by Gasteiger charge is 2.17. The molecule has 1 saturated heterocycles. The normalized spacial score (nSPS) is 15.0. The molecule has 6 nitrogen and oxygen atoms in total. The predicted octanol–water partition coefficient (Wildman–Crippen LogP) is 7.77. The Hall–Kier alpha value is -3.97. The van der Waals surface area contributed by atoms with E-state index >= 15 is 0 Å². The van der Waals surface area contributed by atoms with E-state index in [-0.39, 0.29) is 6.29 Å². The lowest BCUT2D eigenvalue weighted by Crippen LogP contribution is -2.25. The molecule has 1 aliphatic heterocycles. The lowest BCUT2D eigenvalue weighted by atomic mass is 10.00. The molecule has 5 aromatic rings. The SMILES string of the molecule is Clc1c(OC2CCCCO2)ccc2cc(-c3ccc(-c4ncc(NCCNCCc5ccccc5)cn4)cc3)ccc12. The Morgan fingerprint density at radius 2 is 1.60 bits per heavy atom. The summed E-state index contributed by atoms with van der Waals surface area (Å²) in [5, 5.41) is 9.51. The van der Waals surface area contributed by atoms with Gasteiger partial charge in [-0.25, -0.2) is 9.97 Å². The van der Waals surface area contributed by atoms with E-state index in [4.69, 9.17) is 21.1 Å². The number of hydrogen-bond donors (Lipinski definition) is 2. The smallest absolute Gasteiger partial charge is 0.199 e. The number of halogens is 1. The van der Waals surface area contributed by atoms with E-state index in [1.54, 1.807) is 0 Å². The number of benzene rings is 4.